The van der Waals surface area contributed by atoms with Gasteiger partial charge in [-0.15, -0.1) is 0 Å². The van der Waals surface area contributed by atoms with Crippen LogP contribution in [0.1, 0.15) is 11.1 Å². The average Bonchev–Trinajstić information content (AvgIpc) is 3.07. The smallest absolute Gasteiger partial charge is 0.337 e. The summed E-state index contributed by atoms with van der Waals surface area (Å²) >= 11 is 0. The van der Waals surface area contributed by atoms with Crippen molar-refractivity contribution in [1.29, 1.82) is 5.41 Å². The van der Waals surface area contributed by atoms with Crippen molar-refractivity contribution in [3.05, 3.63) is 82.5 Å². The van der Waals surface area contributed by atoms with Crippen molar-refractivity contribution in [2.45, 2.75) is 12.5 Å². The highest BCUT2D eigenvalue weighted by Gasteiger charge is 2.17. The molecule has 1 heterocycles. The molecule has 0 aliphatic rings. The molecule has 0 radical (unpaired) electrons. The molecule has 0 aliphatic carbocycles. The number of hydrogen-bond acceptors (Lipinski definition) is 4. The van der Waals surface area contributed by atoms with Crippen molar-refractivity contribution >= 4 is 11.8 Å². The molecule has 0 fully saturated rings. The van der Waals surface area contributed by atoms with E-state index in [1.165, 1.54) is 16.2 Å². The van der Waals surface area contributed by atoms with Gasteiger partial charge in [0.1, 0.15) is 5.84 Å². The third kappa shape index (κ3) is 3.86. The van der Waals surface area contributed by atoms with Gasteiger partial charge in [0.15, 0.2) is 6.10 Å². The molecule has 0 saturated carbocycles. The van der Waals surface area contributed by atoms with Crippen molar-refractivity contribution in [1.82, 2.24) is 9.13 Å². The Hall–Kier alpha value is -3.65. The summed E-state index contributed by atoms with van der Waals surface area (Å²) < 4.78 is 7.93. The molecular weight excluding hydrogens is 360 g/mol. The van der Waals surface area contributed by atoms with Crippen LogP contribution in [-0.4, -0.2) is 39.3 Å². The maximum Gasteiger partial charge on any atom is 0.337 e. The average molecular weight is 380 g/mol. The van der Waals surface area contributed by atoms with Gasteiger partial charge >= 0.3 is 11.7 Å². The monoisotopic (exact) mass is 380 g/mol. The zero-order valence-electron chi connectivity index (χ0n) is 15.2. The Kier molecular flexibility index (Phi) is 5.42. The fourth-order valence-electron chi connectivity index (χ4n) is 2.85. The van der Waals surface area contributed by atoms with Gasteiger partial charge in [0.25, 0.3) is 0 Å². The van der Waals surface area contributed by atoms with Gasteiger partial charge in [0, 0.05) is 31.5 Å². The molecule has 0 spiro atoms. The minimum absolute atomic E-state index is 0.0323. The number of nitrogen functional groups attached to an aromatic ring is 1. The molecule has 0 aliphatic heterocycles. The molecule has 1 unspecified atom stereocenters. The molecule has 3 aromatic rings. The lowest BCUT2D eigenvalue weighted by atomic mass is 10.1. The summed E-state index contributed by atoms with van der Waals surface area (Å²) in [4.78, 5) is 23.8. The number of aromatic nitrogens is 2. The summed E-state index contributed by atoms with van der Waals surface area (Å²) in [7, 11) is 1.36. The number of aliphatic carboxylic acids is 1. The van der Waals surface area contributed by atoms with Crippen LogP contribution in [0.5, 0.6) is 0 Å². The minimum atomic E-state index is -1.02. The van der Waals surface area contributed by atoms with E-state index in [-0.39, 0.29) is 17.9 Å². The number of amidine groups is 1. The second kappa shape index (κ2) is 7.93. The quantitative estimate of drug-likeness (QED) is 0.424. The van der Waals surface area contributed by atoms with Crippen LogP contribution in [0.15, 0.2) is 65.7 Å². The fourth-order valence-corrected chi connectivity index (χ4v) is 2.85. The second-order valence-electron chi connectivity index (χ2n) is 6.21. The highest BCUT2D eigenvalue weighted by Crippen LogP contribution is 2.13. The molecule has 1 aromatic heterocycles. The van der Waals surface area contributed by atoms with Crippen LogP contribution in [0.2, 0.25) is 0 Å². The second-order valence-corrected chi connectivity index (χ2v) is 6.21. The van der Waals surface area contributed by atoms with E-state index in [2.05, 4.69) is 0 Å². The van der Waals surface area contributed by atoms with Gasteiger partial charge in [-0.25, -0.2) is 9.59 Å². The normalized spacial score (nSPS) is 11.9. The number of nitrogens with zero attached hydrogens (tertiary/aromatic N) is 2. The van der Waals surface area contributed by atoms with E-state index in [9.17, 15) is 9.59 Å². The Morgan fingerprint density at radius 2 is 1.57 bits per heavy atom. The molecule has 4 N–H and O–H groups in total. The van der Waals surface area contributed by atoms with Crippen molar-refractivity contribution in [3.8, 4) is 11.4 Å². The maximum absolute atomic E-state index is 12.7. The number of carboxylic acids is 1. The van der Waals surface area contributed by atoms with Gasteiger partial charge in [-0.3, -0.25) is 14.5 Å². The maximum atomic E-state index is 12.7. The summed E-state index contributed by atoms with van der Waals surface area (Å²) in [5.41, 5.74) is 7.91. The number of nitrogens with two attached hydrogens (primary N) is 1. The first-order valence-corrected chi connectivity index (χ1v) is 8.50. The first-order valence-electron chi connectivity index (χ1n) is 8.50. The fraction of sp³-hybridized carbons (Fsp3) is 0.150. The predicted octanol–water partition coefficient (Wildman–Crippen LogP) is 1.55. The lowest BCUT2D eigenvalue weighted by Crippen LogP contribution is -2.25. The Morgan fingerprint density at radius 1 is 1.07 bits per heavy atom. The molecule has 144 valence electrons. The lowest BCUT2D eigenvalue weighted by Gasteiger charge is -2.10. The van der Waals surface area contributed by atoms with Crippen molar-refractivity contribution in [2.24, 2.45) is 5.73 Å². The van der Waals surface area contributed by atoms with Crippen molar-refractivity contribution in [2.75, 3.05) is 7.11 Å². The van der Waals surface area contributed by atoms with Gasteiger partial charge in [-0.05, 0) is 42.0 Å². The van der Waals surface area contributed by atoms with Gasteiger partial charge in [-0.2, -0.15) is 0 Å². The highest BCUT2D eigenvalue weighted by molar-refractivity contribution is 5.95. The molecule has 28 heavy (non-hydrogen) atoms. The molecule has 8 nitrogen and oxygen atoms in total. The van der Waals surface area contributed by atoms with E-state index in [0.717, 1.165) is 5.56 Å². The summed E-state index contributed by atoms with van der Waals surface area (Å²) in [5, 5.41) is 16.5. The Labute approximate surface area is 160 Å². The molecule has 0 bridgehead atoms. The predicted molar refractivity (Wildman–Crippen MR) is 105 cm³/mol. The van der Waals surface area contributed by atoms with Crippen molar-refractivity contribution < 1.29 is 14.6 Å². The van der Waals surface area contributed by atoms with E-state index >= 15 is 0 Å². The SMILES string of the molecule is COC(Cc1ccc(-n2ccn(-c3ccc(C(=N)N)cc3)c2=O)cc1)C(=O)O. The number of ether oxygens (including phenoxy) is 1. The van der Waals surface area contributed by atoms with E-state index in [4.69, 9.17) is 21.0 Å². The molecular formula is C20H20N4O4. The zero-order valence-corrected chi connectivity index (χ0v) is 15.2. The number of carbonyl (C=O) groups is 1. The number of hydrogen-bond donors (Lipinski definition) is 3. The van der Waals surface area contributed by atoms with Gasteiger partial charge in [0.05, 0.1) is 11.4 Å². The van der Waals surface area contributed by atoms with Crippen LogP contribution in [0.4, 0.5) is 0 Å². The van der Waals surface area contributed by atoms with Crippen LogP contribution >= 0.6 is 0 Å². The third-order valence-corrected chi connectivity index (χ3v) is 4.43. The summed E-state index contributed by atoms with van der Waals surface area (Å²) in [6, 6.07) is 13.9. The number of imidazole rings is 1. The first kappa shape index (κ1) is 19.1. The topological polar surface area (TPSA) is 123 Å². The van der Waals surface area contributed by atoms with Crippen LogP contribution in [-0.2, 0) is 16.0 Å². The molecule has 1 atom stereocenters. The number of methoxy groups -OCH3 is 1. The lowest BCUT2D eigenvalue weighted by molar-refractivity contribution is -0.148. The first-order chi connectivity index (χ1) is 13.4. The number of carboxylic acid groups (broad SMARTS) is 1. The van der Waals surface area contributed by atoms with E-state index in [1.54, 1.807) is 60.9 Å². The van der Waals surface area contributed by atoms with Crippen molar-refractivity contribution in [3.63, 3.8) is 0 Å². The molecule has 0 saturated heterocycles. The van der Waals surface area contributed by atoms with E-state index in [1.807, 2.05) is 0 Å². The number of rotatable bonds is 7. The number of benzene rings is 2. The Bertz CT molecular complexity index is 1050. The highest BCUT2D eigenvalue weighted by atomic mass is 16.5. The number of nitrogens with one attached hydrogen (secondary N) is 1. The third-order valence-electron chi connectivity index (χ3n) is 4.43. The van der Waals surface area contributed by atoms with Gasteiger partial charge in [0.2, 0.25) is 0 Å². The minimum Gasteiger partial charge on any atom is -0.479 e. The van der Waals surface area contributed by atoms with Crippen LogP contribution in [0.25, 0.3) is 11.4 Å². The summed E-state index contributed by atoms with van der Waals surface area (Å²) in [6.07, 6.45) is 2.65. The van der Waals surface area contributed by atoms with Crippen LogP contribution < -0.4 is 11.4 Å². The summed E-state index contributed by atoms with van der Waals surface area (Å²) in [6.45, 7) is 0. The van der Waals surface area contributed by atoms with E-state index < -0.39 is 12.1 Å². The molecule has 0 amide bonds. The standard InChI is InChI=1S/C20H20N4O4/c1-28-17(19(25)26)12-13-2-6-15(7-3-13)23-10-11-24(20(23)27)16-8-4-14(5-9-16)18(21)22/h2-11,17H,12H2,1H3,(H3,21,22)(H,25,26). The molecule has 2 aromatic carbocycles. The van der Waals surface area contributed by atoms with Crippen LogP contribution in [0.3, 0.4) is 0 Å². The summed E-state index contributed by atoms with van der Waals surface area (Å²) in [5.74, 6) is -1.05. The zero-order chi connectivity index (χ0) is 20.3. The Balaban J connectivity index is 1.84. The Morgan fingerprint density at radius 3 is 2.00 bits per heavy atom. The molecule has 8 heteroatoms. The van der Waals surface area contributed by atoms with Gasteiger partial charge < -0.3 is 15.6 Å². The van der Waals surface area contributed by atoms with Crippen LogP contribution in [0, 0.1) is 5.41 Å². The van der Waals surface area contributed by atoms with E-state index in [0.29, 0.717) is 16.9 Å². The van der Waals surface area contributed by atoms with Gasteiger partial charge in [-0.1, -0.05) is 12.1 Å². The molecule has 3 rings (SSSR count). The largest absolute Gasteiger partial charge is 0.479 e.